The molecule has 1 amide bonds. The molecule has 0 saturated carbocycles. The first-order chi connectivity index (χ1) is 9.90. The zero-order chi connectivity index (χ0) is 15.6. The number of benzene rings is 1. The van der Waals surface area contributed by atoms with Crippen molar-refractivity contribution in [1.82, 2.24) is 9.88 Å². The summed E-state index contributed by atoms with van der Waals surface area (Å²) in [5.74, 6) is 0.161. The van der Waals surface area contributed by atoms with E-state index in [-0.39, 0.29) is 11.7 Å². The van der Waals surface area contributed by atoms with E-state index in [1.807, 2.05) is 19.9 Å². The minimum atomic E-state index is -0.0666. The van der Waals surface area contributed by atoms with Crippen LogP contribution in [0.5, 0.6) is 5.75 Å². The number of aryl methyl sites for hydroxylation is 1. The highest BCUT2D eigenvalue weighted by Gasteiger charge is 2.16. The zero-order valence-electron chi connectivity index (χ0n) is 13.0. The summed E-state index contributed by atoms with van der Waals surface area (Å²) in [7, 11) is 0. The summed E-state index contributed by atoms with van der Waals surface area (Å²) in [4.78, 5) is 12.3. The number of phenolic OH excluding ortho intramolecular Hbond substituents is 1. The summed E-state index contributed by atoms with van der Waals surface area (Å²) in [6.07, 6.45) is 0. The quantitative estimate of drug-likeness (QED) is 0.906. The number of amides is 1. The molecular weight excluding hydrogens is 264 g/mol. The zero-order valence-corrected chi connectivity index (χ0v) is 13.0. The topological polar surface area (TPSA) is 54.3 Å². The van der Waals surface area contributed by atoms with Gasteiger partial charge in [-0.25, -0.2) is 0 Å². The van der Waals surface area contributed by atoms with E-state index in [1.165, 1.54) is 0 Å². The van der Waals surface area contributed by atoms with Crippen LogP contribution in [0.1, 0.15) is 47.2 Å². The van der Waals surface area contributed by atoms with Crippen LogP contribution in [0.15, 0.2) is 30.3 Å². The van der Waals surface area contributed by atoms with Crippen molar-refractivity contribution < 1.29 is 9.90 Å². The Kier molecular flexibility index (Phi) is 4.36. The lowest BCUT2D eigenvalue weighted by Gasteiger charge is -2.13. The molecule has 0 bridgehead atoms. The summed E-state index contributed by atoms with van der Waals surface area (Å²) in [6.45, 7) is 8.66. The fraction of sp³-hybridized carbons (Fsp3) is 0.353. The molecule has 0 spiro atoms. The van der Waals surface area contributed by atoms with Crippen LogP contribution in [0.2, 0.25) is 0 Å². The Morgan fingerprint density at radius 2 is 1.86 bits per heavy atom. The molecule has 0 unspecified atom stereocenters. The number of rotatable bonds is 4. The van der Waals surface area contributed by atoms with Crippen LogP contribution in [0.4, 0.5) is 0 Å². The molecule has 0 aliphatic heterocycles. The van der Waals surface area contributed by atoms with E-state index in [0.717, 1.165) is 22.5 Å². The van der Waals surface area contributed by atoms with Gasteiger partial charge in [-0.15, -0.1) is 0 Å². The van der Waals surface area contributed by atoms with E-state index in [2.05, 4.69) is 23.7 Å². The molecule has 2 aromatic rings. The molecule has 0 radical (unpaired) electrons. The maximum absolute atomic E-state index is 12.3. The molecule has 112 valence electrons. The molecule has 2 rings (SSSR count). The molecule has 1 aromatic heterocycles. The molecule has 0 saturated heterocycles. The van der Waals surface area contributed by atoms with Crippen LogP contribution < -0.4 is 5.32 Å². The first kappa shape index (κ1) is 15.2. The van der Waals surface area contributed by atoms with Crippen LogP contribution in [0.3, 0.4) is 0 Å². The first-order valence-corrected chi connectivity index (χ1v) is 7.14. The fourth-order valence-electron chi connectivity index (χ4n) is 2.69. The van der Waals surface area contributed by atoms with Gasteiger partial charge in [-0.3, -0.25) is 4.79 Å². The number of nitrogens with one attached hydrogen (secondary N) is 1. The summed E-state index contributed by atoms with van der Waals surface area (Å²) in [5.41, 5.74) is 3.77. The summed E-state index contributed by atoms with van der Waals surface area (Å²) >= 11 is 0. The number of hydrogen-bond acceptors (Lipinski definition) is 2. The molecule has 0 aliphatic carbocycles. The number of hydrogen-bond donors (Lipinski definition) is 2. The Balaban J connectivity index is 2.10. The number of carbonyl (C=O) groups excluding carboxylic acids is 1. The molecule has 1 heterocycles. The van der Waals surface area contributed by atoms with E-state index in [1.54, 1.807) is 24.3 Å². The molecule has 4 nitrogen and oxygen atoms in total. The Morgan fingerprint density at radius 3 is 2.38 bits per heavy atom. The molecule has 0 atom stereocenters. The van der Waals surface area contributed by atoms with Gasteiger partial charge in [0.1, 0.15) is 5.75 Å². The SMILES string of the molecule is Cc1cc(C(=O)NCc2ccc(O)cc2)c(C)n1C(C)C. The highest BCUT2D eigenvalue weighted by molar-refractivity contribution is 5.95. The lowest BCUT2D eigenvalue weighted by atomic mass is 10.2. The maximum Gasteiger partial charge on any atom is 0.253 e. The normalized spacial score (nSPS) is 10.9. The van der Waals surface area contributed by atoms with Gasteiger partial charge in [-0.1, -0.05) is 12.1 Å². The second-order valence-corrected chi connectivity index (χ2v) is 5.60. The highest BCUT2D eigenvalue weighted by Crippen LogP contribution is 2.20. The largest absolute Gasteiger partial charge is 0.508 e. The van der Waals surface area contributed by atoms with Crippen molar-refractivity contribution in [2.24, 2.45) is 0 Å². The van der Waals surface area contributed by atoms with Crippen molar-refractivity contribution in [1.29, 1.82) is 0 Å². The van der Waals surface area contributed by atoms with Crippen LogP contribution in [0, 0.1) is 13.8 Å². The third-order valence-electron chi connectivity index (χ3n) is 3.63. The van der Waals surface area contributed by atoms with Crippen molar-refractivity contribution >= 4 is 5.91 Å². The maximum atomic E-state index is 12.3. The molecular formula is C17H22N2O2. The van der Waals surface area contributed by atoms with Gasteiger partial charge in [-0.05, 0) is 51.5 Å². The highest BCUT2D eigenvalue weighted by atomic mass is 16.3. The van der Waals surface area contributed by atoms with Crippen molar-refractivity contribution in [3.8, 4) is 5.75 Å². The second-order valence-electron chi connectivity index (χ2n) is 5.60. The Bertz CT molecular complexity index is 640. The number of aromatic nitrogens is 1. The van der Waals surface area contributed by atoms with E-state index < -0.39 is 0 Å². The van der Waals surface area contributed by atoms with Gasteiger partial charge in [0, 0.05) is 24.0 Å². The number of aromatic hydroxyl groups is 1. The minimum Gasteiger partial charge on any atom is -0.508 e. The average molecular weight is 286 g/mol. The first-order valence-electron chi connectivity index (χ1n) is 7.14. The molecule has 21 heavy (non-hydrogen) atoms. The summed E-state index contributed by atoms with van der Waals surface area (Å²) in [5, 5.41) is 12.2. The third kappa shape index (κ3) is 3.27. The number of phenols is 1. The molecule has 0 aliphatic rings. The van der Waals surface area contributed by atoms with Crippen molar-refractivity contribution in [2.75, 3.05) is 0 Å². The van der Waals surface area contributed by atoms with Crippen LogP contribution in [-0.4, -0.2) is 15.6 Å². The van der Waals surface area contributed by atoms with Gasteiger partial charge in [0.25, 0.3) is 5.91 Å². The van der Waals surface area contributed by atoms with Crippen LogP contribution in [0.25, 0.3) is 0 Å². The van der Waals surface area contributed by atoms with Gasteiger partial charge in [0.15, 0.2) is 0 Å². The predicted octanol–water partition coefficient (Wildman–Crippen LogP) is 3.32. The Morgan fingerprint density at radius 1 is 1.24 bits per heavy atom. The van der Waals surface area contributed by atoms with E-state index in [9.17, 15) is 9.90 Å². The Labute approximate surface area is 125 Å². The predicted molar refractivity (Wildman–Crippen MR) is 83.6 cm³/mol. The number of nitrogens with zero attached hydrogens (tertiary/aromatic N) is 1. The van der Waals surface area contributed by atoms with Gasteiger partial charge in [0.05, 0.1) is 5.56 Å². The van der Waals surface area contributed by atoms with Crippen LogP contribution >= 0.6 is 0 Å². The summed E-state index contributed by atoms with van der Waals surface area (Å²) in [6, 6.07) is 9.10. The minimum absolute atomic E-state index is 0.0666. The van der Waals surface area contributed by atoms with Crippen molar-refractivity contribution in [3.05, 3.63) is 52.8 Å². The number of carbonyl (C=O) groups is 1. The van der Waals surface area contributed by atoms with Crippen LogP contribution in [-0.2, 0) is 6.54 Å². The monoisotopic (exact) mass is 286 g/mol. The molecule has 0 fully saturated rings. The van der Waals surface area contributed by atoms with E-state index in [0.29, 0.717) is 12.6 Å². The Hall–Kier alpha value is -2.23. The smallest absolute Gasteiger partial charge is 0.253 e. The van der Waals surface area contributed by atoms with Gasteiger partial charge < -0.3 is 15.0 Å². The van der Waals surface area contributed by atoms with E-state index in [4.69, 9.17) is 0 Å². The third-order valence-corrected chi connectivity index (χ3v) is 3.63. The molecule has 2 N–H and O–H groups in total. The van der Waals surface area contributed by atoms with Gasteiger partial charge >= 0.3 is 0 Å². The lowest BCUT2D eigenvalue weighted by Crippen LogP contribution is -2.23. The summed E-state index contributed by atoms with van der Waals surface area (Å²) < 4.78 is 2.16. The van der Waals surface area contributed by atoms with Crippen molar-refractivity contribution in [3.63, 3.8) is 0 Å². The van der Waals surface area contributed by atoms with Gasteiger partial charge in [-0.2, -0.15) is 0 Å². The van der Waals surface area contributed by atoms with Gasteiger partial charge in [0.2, 0.25) is 0 Å². The van der Waals surface area contributed by atoms with Crippen molar-refractivity contribution in [2.45, 2.75) is 40.3 Å². The van der Waals surface area contributed by atoms with E-state index >= 15 is 0 Å². The second kappa shape index (κ2) is 6.04. The fourth-order valence-corrected chi connectivity index (χ4v) is 2.69. The molecule has 1 aromatic carbocycles. The molecule has 4 heteroatoms. The average Bonchev–Trinajstić information content (AvgIpc) is 2.73. The lowest BCUT2D eigenvalue weighted by molar-refractivity contribution is 0.0950. The standard InChI is InChI=1S/C17H22N2O2/c1-11(2)19-12(3)9-16(13(19)4)17(21)18-10-14-5-7-15(20)8-6-14/h5-9,11,20H,10H2,1-4H3,(H,18,21).